The molecule has 1 atom stereocenters. The Morgan fingerprint density at radius 3 is 2.76 bits per heavy atom. The van der Waals surface area contributed by atoms with E-state index in [-0.39, 0.29) is 0 Å². The second kappa shape index (κ2) is 6.00. The molecule has 1 aromatic carbocycles. The van der Waals surface area contributed by atoms with Crippen molar-refractivity contribution in [2.24, 2.45) is 11.3 Å². The largest absolute Gasteiger partial charge is 0.399 e. The number of nitrogen functional groups attached to an aromatic ring is 1. The Balaban J connectivity index is 1.65. The van der Waals surface area contributed by atoms with E-state index in [2.05, 4.69) is 37.4 Å². The molecule has 0 aliphatic heterocycles. The van der Waals surface area contributed by atoms with Crippen LogP contribution in [0.25, 0.3) is 0 Å². The Morgan fingerprint density at radius 2 is 2.05 bits per heavy atom. The van der Waals surface area contributed by atoms with Crippen LogP contribution in [0.1, 0.15) is 69.5 Å². The summed E-state index contributed by atoms with van der Waals surface area (Å²) >= 11 is 0. The van der Waals surface area contributed by atoms with Gasteiger partial charge in [0.1, 0.15) is 0 Å². The summed E-state index contributed by atoms with van der Waals surface area (Å²) in [6.07, 6.45) is 9.46. The van der Waals surface area contributed by atoms with Crippen molar-refractivity contribution in [3.8, 4) is 0 Å². The Labute approximate surface area is 129 Å². The fraction of sp³-hybridized carbons (Fsp3) is 0.684. The van der Waals surface area contributed by atoms with E-state index in [4.69, 9.17) is 5.73 Å². The number of anilines is 1. The first kappa shape index (κ1) is 14.9. The van der Waals surface area contributed by atoms with Crippen molar-refractivity contribution < 1.29 is 0 Å². The molecular formula is C19H30N2. The van der Waals surface area contributed by atoms with Crippen LogP contribution in [0.4, 0.5) is 5.69 Å². The molecular weight excluding hydrogens is 256 g/mol. The molecule has 1 fully saturated rings. The summed E-state index contributed by atoms with van der Waals surface area (Å²) in [7, 11) is 0. The van der Waals surface area contributed by atoms with Crippen molar-refractivity contribution in [3.63, 3.8) is 0 Å². The number of rotatable bonds is 5. The number of nitrogens with two attached hydrogens (primary N) is 1. The second-order valence-electron chi connectivity index (χ2n) is 7.74. The topological polar surface area (TPSA) is 38.0 Å². The maximum Gasteiger partial charge on any atom is 0.0326 e. The first-order chi connectivity index (χ1) is 10.1. The summed E-state index contributed by atoms with van der Waals surface area (Å²) in [6.45, 7) is 5.93. The van der Waals surface area contributed by atoms with Gasteiger partial charge in [0, 0.05) is 18.3 Å². The van der Waals surface area contributed by atoms with Crippen LogP contribution in [0.2, 0.25) is 0 Å². The van der Waals surface area contributed by atoms with Crippen LogP contribution in [0.5, 0.6) is 0 Å². The van der Waals surface area contributed by atoms with Crippen molar-refractivity contribution in [1.29, 1.82) is 0 Å². The third-order valence-electron chi connectivity index (χ3n) is 5.47. The fourth-order valence-electron chi connectivity index (χ4n) is 4.63. The van der Waals surface area contributed by atoms with Gasteiger partial charge in [0.25, 0.3) is 0 Å². The summed E-state index contributed by atoms with van der Waals surface area (Å²) in [5, 5.41) is 3.90. The van der Waals surface area contributed by atoms with Crippen LogP contribution in [0.3, 0.4) is 0 Å². The molecule has 0 spiro atoms. The van der Waals surface area contributed by atoms with E-state index in [0.29, 0.717) is 11.5 Å². The summed E-state index contributed by atoms with van der Waals surface area (Å²) < 4.78 is 0. The van der Waals surface area contributed by atoms with Gasteiger partial charge in [0.2, 0.25) is 0 Å². The van der Waals surface area contributed by atoms with Gasteiger partial charge in [-0.3, -0.25) is 0 Å². The molecule has 2 nitrogen and oxygen atoms in total. The molecule has 2 heteroatoms. The molecule has 0 aromatic heterocycles. The smallest absolute Gasteiger partial charge is 0.0326 e. The molecule has 0 saturated heterocycles. The minimum absolute atomic E-state index is 0.547. The molecule has 116 valence electrons. The number of aryl methyl sites for hydroxylation is 1. The van der Waals surface area contributed by atoms with E-state index in [1.54, 1.807) is 0 Å². The zero-order chi connectivity index (χ0) is 14.9. The lowest BCUT2D eigenvalue weighted by Gasteiger charge is -2.33. The van der Waals surface area contributed by atoms with E-state index in [1.165, 1.54) is 62.6 Å². The predicted octanol–water partition coefficient (Wildman–Crippen LogP) is 4.45. The van der Waals surface area contributed by atoms with Crippen molar-refractivity contribution in [3.05, 3.63) is 29.3 Å². The maximum atomic E-state index is 5.91. The van der Waals surface area contributed by atoms with Gasteiger partial charge in [-0.1, -0.05) is 32.8 Å². The number of fused-ring (bicyclic) bond motifs is 1. The van der Waals surface area contributed by atoms with Gasteiger partial charge >= 0.3 is 0 Å². The van der Waals surface area contributed by atoms with Crippen molar-refractivity contribution >= 4 is 5.69 Å². The van der Waals surface area contributed by atoms with Crippen molar-refractivity contribution in [1.82, 2.24) is 5.32 Å². The molecule has 2 aliphatic carbocycles. The fourth-order valence-corrected chi connectivity index (χ4v) is 4.63. The summed E-state index contributed by atoms with van der Waals surface area (Å²) in [5.41, 5.74) is 10.3. The van der Waals surface area contributed by atoms with E-state index < -0.39 is 0 Å². The molecule has 0 bridgehead atoms. The van der Waals surface area contributed by atoms with Crippen LogP contribution < -0.4 is 11.1 Å². The molecule has 0 heterocycles. The predicted molar refractivity (Wildman–Crippen MR) is 90.3 cm³/mol. The molecule has 1 saturated carbocycles. The molecule has 0 radical (unpaired) electrons. The van der Waals surface area contributed by atoms with Crippen LogP contribution in [-0.4, -0.2) is 6.54 Å². The quantitative estimate of drug-likeness (QED) is 0.785. The van der Waals surface area contributed by atoms with Gasteiger partial charge in [0.05, 0.1) is 0 Å². The molecule has 1 aromatic rings. The third kappa shape index (κ3) is 3.26. The number of hydrogen-bond donors (Lipinski definition) is 2. The first-order valence-corrected chi connectivity index (χ1v) is 8.70. The van der Waals surface area contributed by atoms with E-state index in [9.17, 15) is 0 Å². The number of hydrogen-bond acceptors (Lipinski definition) is 2. The van der Waals surface area contributed by atoms with Gasteiger partial charge < -0.3 is 11.1 Å². The monoisotopic (exact) mass is 286 g/mol. The van der Waals surface area contributed by atoms with Gasteiger partial charge in [-0.2, -0.15) is 0 Å². The average molecular weight is 286 g/mol. The van der Waals surface area contributed by atoms with Gasteiger partial charge in [-0.05, 0) is 66.7 Å². The zero-order valence-electron chi connectivity index (χ0n) is 13.6. The lowest BCUT2D eigenvalue weighted by atomic mass is 9.78. The molecule has 21 heavy (non-hydrogen) atoms. The van der Waals surface area contributed by atoms with Crippen molar-refractivity contribution in [2.75, 3.05) is 12.3 Å². The lowest BCUT2D eigenvalue weighted by molar-refractivity contribution is 0.215. The van der Waals surface area contributed by atoms with Crippen LogP contribution in [0, 0.1) is 11.3 Å². The Bertz CT molecular complexity index is 486. The molecule has 0 amide bonds. The van der Waals surface area contributed by atoms with Crippen LogP contribution in [-0.2, 0) is 6.42 Å². The highest BCUT2D eigenvalue weighted by Gasteiger charge is 2.35. The van der Waals surface area contributed by atoms with Crippen LogP contribution in [0.15, 0.2) is 18.2 Å². The average Bonchev–Trinajstić information content (AvgIpc) is 3.03. The maximum absolute atomic E-state index is 5.91. The van der Waals surface area contributed by atoms with Gasteiger partial charge in [-0.25, -0.2) is 0 Å². The minimum Gasteiger partial charge on any atom is -0.399 e. The van der Waals surface area contributed by atoms with E-state index in [0.717, 1.165) is 11.6 Å². The second-order valence-corrected chi connectivity index (χ2v) is 7.74. The lowest BCUT2D eigenvalue weighted by Crippen LogP contribution is -2.35. The Morgan fingerprint density at radius 1 is 1.29 bits per heavy atom. The highest BCUT2D eigenvalue weighted by atomic mass is 14.9. The minimum atomic E-state index is 0.547. The third-order valence-corrected chi connectivity index (χ3v) is 5.47. The Kier molecular flexibility index (Phi) is 4.26. The molecule has 3 rings (SSSR count). The summed E-state index contributed by atoms with van der Waals surface area (Å²) in [6, 6.07) is 7.00. The molecule has 1 unspecified atom stereocenters. The molecule has 2 aliphatic rings. The number of nitrogens with one attached hydrogen (secondary N) is 1. The van der Waals surface area contributed by atoms with Gasteiger partial charge in [-0.15, -0.1) is 0 Å². The van der Waals surface area contributed by atoms with Gasteiger partial charge in [0.15, 0.2) is 0 Å². The summed E-state index contributed by atoms with van der Waals surface area (Å²) in [4.78, 5) is 0. The SMILES string of the molecule is CC(C)CC1(CNC2CCc3cc(N)ccc32)CCCC1. The first-order valence-electron chi connectivity index (χ1n) is 8.70. The highest BCUT2D eigenvalue weighted by Crippen LogP contribution is 2.43. The van der Waals surface area contributed by atoms with Crippen LogP contribution >= 0.6 is 0 Å². The van der Waals surface area contributed by atoms with Crippen molar-refractivity contribution in [2.45, 2.75) is 64.8 Å². The van der Waals surface area contributed by atoms with E-state index in [1.807, 2.05) is 0 Å². The Hall–Kier alpha value is -1.02. The van der Waals surface area contributed by atoms with E-state index >= 15 is 0 Å². The zero-order valence-corrected chi connectivity index (χ0v) is 13.6. The number of benzene rings is 1. The highest BCUT2D eigenvalue weighted by molar-refractivity contribution is 5.47. The molecule has 3 N–H and O–H groups in total. The normalized spacial score (nSPS) is 23.7. The standard InChI is InChI=1S/C19H30N2/c1-14(2)12-19(9-3-4-10-19)13-21-18-8-5-15-11-16(20)6-7-17(15)18/h6-7,11,14,18,21H,3-5,8-10,12-13,20H2,1-2H3. The summed E-state index contributed by atoms with van der Waals surface area (Å²) in [5.74, 6) is 0.806.